The van der Waals surface area contributed by atoms with Crippen molar-refractivity contribution in [3.05, 3.63) is 82.3 Å². The van der Waals surface area contributed by atoms with E-state index in [2.05, 4.69) is 10.1 Å². The summed E-state index contributed by atoms with van der Waals surface area (Å²) in [5.41, 5.74) is 1.12. The maximum atomic E-state index is 12.3. The normalized spacial score (nSPS) is 10.3. The van der Waals surface area contributed by atoms with Gasteiger partial charge in [0.25, 0.3) is 5.91 Å². The molecule has 0 aliphatic rings. The average Bonchev–Trinajstić information content (AvgIpc) is 2.85. The Morgan fingerprint density at radius 2 is 1.59 bits per heavy atom. The molecule has 178 valence electrons. The first-order chi connectivity index (χ1) is 16.4. The fourth-order valence-electron chi connectivity index (χ4n) is 3.15. The number of aromatic nitrogens is 1. The van der Waals surface area contributed by atoms with Crippen LogP contribution in [0.3, 0.4) is 0 Å². The van der Waals surface area contributed by atoms with E-state index in [1.165, 1.54) is 25.3 Å². The molecule has 9 heteroatoms. The van der Waals surface area contributed by atoms with Crippen molar-refractivity contribution >= 4 is 17.6 Å². The number of hydrogen-bond donors (Lipinski definition) is 1. The van der Waals surface area contributed by atoms with E-state index in [0.717, 1.165) is 5.75 Å². The lowest BCUT2D eigenvalue weighted by Crippen LogP contribution is -2.24. The minimum absolute atomic E-state index is 0.100. The number of ether oxygens (including phenoxy) is 4. The molecule has 0 aliphatic heterocycles. The summed E-state index contributed by atoms with van der Waals surface area (Å²) in [4.78, 5) is 36.1. The molecule has 0 radical (unpaired) electrons. The van der Waals surface area contributed by atoms with Crippen molar-refractivity contribution < 1.29 is 28.5 Å². The highest BCUT2D eigenvalue weighted by atomic mass is 16.5. The van der Waals surface area contributed by atoms with Crippen molar-refractivity contribution in [2.75, 3.05) is 32.8 Å². The Morgan fingerprint density at radius 1 is 0.912 bits per heavy atom. The molecule has 0 fully saturated rings. The number of carbonyl (C=O) groups is 2. The number of methoxy groups -OCH3 is 2. The fourth-order valence-corrected chi connectivity index (χ4v) is 3.15. The van der Waals surface area contributed by atoms with E-state index in [0.29, 0.717) is 35.8 Å². The molecule has 0 spiro atoms. The number of esters is 1. The Balaban J connectivity index is 1.55. The third-order valence-corrected chi connectivity index (χ3v) is 4.99. The SMILES string of the molecule is COC(=O)c1ccc(NC(=O)COc2c(C)n(CCOc3ccc(OC)cc3)ccc2=O)cc1. The number of amides is 1. The molecule has 1 aromatic heterocycles. The minimum Gasteiger partial charge on any atom is -0.497 e. The zero-order valence-electron chi connectivity index (χ0n) is 19.2. The molecular weight excluding hydrogens is 440 g/mol. The highest BCUT2D eigenvalue weighted by Crippen LogP contribution is 2.18. The topological polar surface area (TPSA) is 105 Å². The van der Waals surface area contributed by atoms with Crippen molar-refractivity contribution in [1.82, 2.24) is 4.57 Å². The molecule has 9 nitrogen and oxygen atoms in total. The van der Waals surface area contributed by atoms with E-state index in [4.69, 9.17) is 14.2 Å². The summed E-state index contributed by atoms with van der Waals surface area (Å²) in [5.74, 6) is 0.636. The lowest BCUT2D eigenvalue weighted by molar-refractivity contribution is -0.118. The summed E-state index contributed by atoms with van der Waals surface area (Å²) in [5, 5.41) is 2.66. The van der Waals surface area contributed by atoms with E-state index in [1.807, 2.05) is 28.8 Å². The lowest BCUT2D eigenvalue weighted by atomic mass is 10.2. The Kier molecular flexibility index (Phi) is 8.28. The molecule has 34 heavy (non-hydrogen) atoms. The Labute approximate surface area is 196 Å². The molecule has 0 atom stereocenters. The minimum atomic E-state index is -0.466. The third kappa shape index (κ3) is 6.38. The first kappa shape index (κ1) is 24.4. The summed E-state index contributed by atoms with van der Waals surface area (Å²) >= 11 is 0. The summed E-state index contributed by atoms with van der Waals surface area (Å²) in [6.45, 7) is 2.25. The molecule has 2 aromatic carbocycles. The van der Waals surface area contributed by atoms with Crippen molar-refractivity contribution in [1.29, 1.82) is 0 Å². The van der Waals surface area contributed by atoms with Gasteiger partial charge in [-0.1, -0.05) is 0 Å². The number of hydrogen-bond acceptors (Lipinski definition) is 7. The maximum absolute atomic E-state index is 12.3. The lowest BCUT2D eigenvalue weighted by Gasteiger charge is -2.15. The van der Waals surface area contributed by atoms with Gasteiger partial charge < -0.3 is 28.8 Å². The smallest absolute Gasteiger partial charge is 0.337 e. The van der Waals surface area contributed by atoms with Crippen LogP contribution in [0.4, 0.5) is 5.69 Å². The third-order valence-electron chi connectivity index (χ3n) is 4.99. The van der Waals surface area contributed by atoms with Gasteiger partial charge in [-0.25, -0.2) is 4.79 Å². The standard InChI is InChI=1S/C25H26N2O7/c1-17-24(34-16-23(29)26-19-6-4-18(5-7-19)25(30)32-3)22(28)12-13-27(17)14-15-33-21-10-8-20(31-2)9-11-21/h4-13H,14-16H2,1-3H3,(H,26,29). The average molecular weight is 466 g/mol. The van der Waals surface area contributed by atoms with Gasteiger partial charge in [-0.05, 0) is 55.5 Å². The van der Waals surface area contributed by atoms with Crippen LogP contribution in [-0.2, 0) is 16.1 Å². The highest BCUT2D eigenvalue weighted by Gasteiger charge is 2.12. The molecule has 3 rings (SSSR count). The second-order valence-corrected chi connectivity index (χ2v) is 7.22. The molecule has 1 N–H and O–H groups in total. The zero-order chi connectivity index (χ0) is 24.5. The van der Waals surface area contributed by atoms with E-state index < -0.39 is 11.9 Å². The Morgan fingerprint density at radius 3 is 2.24 bits per heavy atom. The summed E-state index contributed by atoms with van der Waals surface area (Å²) in [6.07, 6.45) is 1.66. The molecule has 0 bridgehead atoms. The monoisotopic (exact) mass is 466 g/mol. The van der Waals surface area contributed by atoms with Crippen LogP contribution in [0, 0.1) is 6.92 Å². The molecule has 0 saturated heterocycles. The summed E-state index contributed by atoms with van der Waals surface area (Å²) < 4.78 is 22.9. The van der Waals surface area contributed by atoms with Crippen LogP contribution in [0.25, 0.3) is 0 Å². The first-order valence-corrected chi connectivity index (χ1v) is 10.5. The summed E-state index contributed by atoms with van der Waals surface area (Å²) in [6, 6.07) is 14.9. The molecule has 0 saturated carbocycles. The van der Waals surface area contributed by atoms with Gasteiger partial charge in [-0.15, -0.1) is 0 Å². The van der Waals surface area contributed by atoms with E-state index in [1.54, 1.807) is 32.4 Å². The van der Waals surface area contributed by atoms with Crippen molar-refractivity contribution in [3.63, 3.8) is 0 Å². The van der Waals surface area contributed by atoms with Crippen molar-refractivity contribution in [2.24, 2.45) is 0 Å². The second kappa shape index (κ2) is 11.6. The van der Waals surface area contributed by atoms with Crippen LogP contribution in [0.5, 0.6) is 17.2 Å². The van der Waals surface area contributed by atoms with Crippen LogP contribution in [0.2, 0.25) is 0 Å². The van der Waals surface area contributed by atoms with Gasteiger partial charge in [0.05, 0.1) is 32.0 Å². The van der Waals surface area contributed by atoms with E-state index >= 15 is 0 Å². The van der Waals surface area contributed by atoms with Crippen molar-refractivity contribution in [2.45, 2.75) is 13.5 Å². The van der Waals surface area contributed by atoms with Crippen LogP contribution >= 0.6 is 0 Å². The highest BCUT2D eigenvalue weighted by molar-refractivity contribution is 5.93. The molecule has 3 aromatic rings. The predicted molar refractivity (Wildman–Crippen MR) is 126 cm³/mol. The van der Waals surface area contributed by atoms with E-state index in [-0.39, 0.29) is 17.8 Å². The zero-order valence-corrected chi connectivity index (χ0v) is 19.2. The van der Waals surface area contributed by atoms with Gasteiger partial charge in [0, 0.05) is 18.0 Å². The molecule has 1 amide bonds. The van der Waals surface area contributed by atoms with Gasteiger partial charge in [-0.2, -0.15) is 0 Å². The van der Waals surface area contributed by atoms with Crippen LogP contribution in [-0.4, -0.2) is 43.9 Å². The first-order valence-electron chi connectivity index (χ1n) is 10.5. The second-order valence-electron chi connectivity index (χ2n) is 7.22. The number of rotatable bonds is 10. The number of nitrogens with zero attached hydrogens (tertiary/aromatic N) is 1. The molecule has 0 aliphatic carbocycles. The Hall–Kier alpha value is -4.27. The maximum Gasteiger partial charge on any atom is 0.337 e. The van der Waals surface area contributed by atoms with Gasteiger partial charge >= 0.3 is 5.97 Å². The largest absolute Gasteiger partial charge is 0.497 e. The Bertz CT molecular complexity index is 1190. The van der Waals surface area contributed by atoms with E-state index in [9.17, 15) is 14.4 Å². The van der Waals surface area contributed by atoms with Crippen molar-refractivity contribution in [3.8, 4) is 17.2 Å². The molecular formula is C25H26N2O7. The number of carbonyl (C=O) groups excluding carboxylic acids is 2. The van der Waals surface area contributed by atoms with Gasteiger partial charge in [0.15, 0.2) is 12.4 Å². The van der Waals surface area contributed by atoms with Gasteiger partial charge in [0.1, 0.15) is 18.1 Å². The fraction of sp³-hybridized carbons (Fsp3) is 0.240. The predicted octanol–water partition coefficient (Wildman–Crippen LogP) is 3.05. The number of anilines is 1. The molecule has 0 unspecified atom stereocenters. The van der Waals surface area contributed by atoms with Gasteiger partial charge in [0.2, 0.25) is 5.43 Å². The van der Waals surface area contributed by atoms with Gasteiger partial charge in [-0.3, -0.25) is 9.59 Å². The number of nitrogens with one attached hydrogen (secondary N) is 1. The summed E-state index contributed by atoms with van der Waals surface area (Å²) in [7, 11) is 2.89. The van der Waals surface area contributed by atoms with Crippen LogP contribution in [0.15, 0.2) is 65.6 Å². The van der Waals surface area contributed by atoms with Crippen LogP contribution in [0.1, 0.15) is 16.1 Å². The number of benzene rings is 2. The molecule has 1 heterocycles. The van der Waals surface area contributed by atoms with Crippen LogP contribution < -0.4 is 25.0 Å². The number of pyridine rings is 1. The quantitative estimate of drug-likeness (QED) is 0.458.